The number of hydrogen-bond donors (Lipinski definition) is 1. The molecule has 1 amide bonds. The fraction of sp³-hybridized carbons (Fsp3) is 0.250. The van der Waals surface area contributed by atoms with Gasteiger partial charge >= 0.3 is 0 Å². The molecule has 3 rings (SSSR count). The van der Waals surface area contributed by atoms with Crippen molar-refractivity contribution < 1.29 is 4.79 Å². The van der Waals surface area contributed by atoms with Crippen molar-refractivity contribution in [2.45, 2.75) is 20.3 Å². The van der Waals surface area contributed by atoms with E-state index in [1.165, 1.54) is 6.33 Å². The fourth-order valence-electron chi connectivity index (χ4n) is 2.48. The van der Waals surface area contributed by atoms with Gasteiger partial charge in [0, 0.05) is 24.0 Å². The highest BCUT2D eigenvalue weighted by molar-refractivity contribution is 5.92. The van der Waals surface area contributed by atoms with Crippen LogP contribution >= 0.6 is 0 Å². The summed E-state index contributed by atoms with van der Waals surface area (Å²) in [5.41, 5.74) is 4.52. The van der Waals surface area contributed by atoms with Crippen LogP contribution in [-0.2, 0) is 18.3 Å². The topological polar surface area (TPSA) is 77.6 Å². The maximum atomic E-state index is 12.2. The van der Waals surface area contributed by atoms with Crippen molar-refractivity contribution in [3.8, 4) is 5.69 Å². The minimum Gasteiger partial charge on any atom is -0.326 e. The van der Waals surface area contributed by atoms with E-state index in [0.29, 0.717) is 6.42 Å². The van der Waals surface area contributed by atoms with Crippen LogP contribution in [0.1, 0.15) is 17.0 Å². The molecule has 0 aliphatic rings. The summed E-state index contributed by atoms with van der Waals surface area (Å²) in [6, 6.07) is 7.45. The fourth-order valence-corrected chi connectivity index (χ4v) is 2.48. The van der Waals surface area contributed by atoms with E-state index in [9.17, 15) is 4.79 Å². The third-order valence-corrected chi connectivity index (χ3v) is 3.83. The number of aryl methyl sites for hydroxylation is 2. The van der Waals surface area contributed by atoms with Gasteiger partial charge in [0.2, 0.25) is 5.91 Å². The third kappa shape index (κ3) is 3.13. The van der Waals surface area contributed by atoms with Crippen molar-refractivity contribution in [1.29, 1.82) is 0 Å². The van der Waals surface area contributed by atoms with E-state index in [1.807, 2.05) is 45.2 Å². The first-order valence-corrected chi connectivity index (χ1v) is 7.28. The van der Waals surface area contributed by atoms with Gasteiger partial charge in [0.25, 0.3) is 0 Å². The van der Waals surface area contributed by atoms with Crippen LogP contribution in [0.5, 0.6) is 0 Å². The monoisotopic (exact) mass is 310 g/mol. The molecule has 2 heterocycles. The van der Waals surface area contributed by atoms with E-state index in [-0.39, 0.29) is 5.91 Å². The predicted octanol–water partition coefficient (Wildman–Crippen LogP) is 1.80. The standard InChI is InChI=1S/C16H18N6O/c1-11-15(12(2)21(3)20-11)8-16(23)19-13-4-6-14(7-5-13)22-10-17-9-18-22/h4-7,9-10H,8H2,1-3H3,(H,19,23). The van der Waals surface area contributed by atoms with Gasteiger partial charge in [-0.25, -0.2) is 9.67 Å². The number of anilines is 1. The van der Waals surface area contributed by atoms with E-state index >= 15 is 0 Å². The van der Waals surface area contributed by atoms with Crippen molar-refractivity contribution in [2.75, 3.05) is 5.32 Å². The summed E-state index contributed by atoms with van der Waals surface area (Å²) >= 11 is 0. The Kier molecular flexibility index (Phi) is 3.92. The maximum absolute atomic E-state index is 12.2. The van der Waals surface area contributed by atoms with Crippen LogP contribution in [0.2, 0.25) is 0 Å². The smallest absolute Gasteiger partial charge is 0.228 e. The molecule has 118 valence electrons. The highest BCUT2D eigenvalue weighted by atomic mass is 16.1. The molecule has 7 nitrogen and oxygen atoms in total. The molecule has 0 unspecified atom stereocenters. The Morgan fingerprint density at radius 2 is 1.96 bits per heavy atom. The molecule has 0 saturated carbocycles. The largest absolute Gasteiger partial charge is 0.326 e. The SMILES string of the molecule is Cc1nn(C)c(C)c1CC(=O)Nc1ccc(-n2cncn2)cc1. The average Bonchev–Trinajstić information content (AvgIpc) is 3.13. The Labute approximate surface area is 134 Å². The summed E-state index contributed by atoms with van der Waals surface area (Å²) in [6.07, 6.45) is 3.42. The molecule has 0 aliphatic heterocycles. The molecule has 0 radical (unpaired) electrons. The number of aromatic nitrogens is 5. The Morgan fingerprint density at radius 3 is 2.52 bits per heavy atom. The minimum atomic E-state index is -0.0577. The Hall–Kier alpha value is -2.96. The molecular formula is C16H18N6O. The highest BCUT2D eigenvalue weighted by Crippen LogP contribution is 2.15. The summed E-state index contributed by atoms with van der Waals surface area (Å²) in [5, 5.41) is 11.3. The van der Waals surface area contributed by atoms with E-state index in [0.717, 1.165) is 28.3 Å². The normalized spacial score (nSPS) is 10.7. The molecule has 0 saturated heterocycles. The Balaban J connectivity index is 1.68. The lowest BCUT2D eigenvalue weighted by Crippen LogP contribution is -2.15. The summed E-state index contributed by atoms with van der Waals surface area (Å²) in [6.45, 7) is 3.89. The molecule has 1 aromatic carbocycles. The van der Waals surface area contributed by atoms with E-state index in [2.05, 4.69) is 20.5 Å². The van der Waals surface area contributed by atoms with Gasteiger partial charge < -0.3 is 5.32 Å². The number of benzene rings is 1. The van der Waals surface area contributed by atoms with Gasteiger partial charge in [-0.15, -0.1) is 0 Å². The van der Waals surface area contributed by atoms with Crippen molar-refractivity contribution in [3.63, 3.8) is 0 Å². The third-order valence-electron chi connectivity index (χ3n) is 3.83. The molecule has 0 atom stereocenters. The van der Waals surface area contributed by atoms with E-state index < -0.39 is 0 Å². The van der Waals surface area contributed by atoms with Gasteiger partial charge in [-0.05, 0) is 38.1 Å². The van der Waals surface area contributed by atoms with Crippen LogP contribution < -0.4 is 5.32 Å². The van der Waals surface area contributed by atoms with Crippen molar-refractivity contribution in [3.05, 3.63) is 53.9 Å². The number of carbonyl (C=O) groups is 1. The van der Waals surface area contributed by atoms with Crippen LogP contribution in [0.4, 0.5) is 5.69 Å². The van der Waals surface area contributed by atoms with Crippen molar-refractivity contribution in [2.24, 2.45) is 7.05 Å². The molecule has 0 bridgehead atoms. The molecule has 1 N–H and O–H groups in total. The zero-order chi connectivity index (χ0) is 16.4. The van der Waals surface area contributed by atoms with Crippen LogP contribution in [0.3, 0.4) is 0 Å². The number of carbonyl (C=O) groups excluding carboxylic acids is 1. The second-order valence-electron chi connectivity index (χ2n) is 5.38. The molecule has 7 heteroatoms. The number of nitrogens with one attached hydrogen (secondary N) is 1. The van der Waals surface area contributed by atoms with E-state index in [4.69, 9.17) is 0 Å². The second-order valence-corrected chi connectivity index (χ2v) is 5.38. The zero-order valence-electron chi connectivity index (χ0n) is 13.3. The van der Waals surface area contributed by atoms with Gasteiger partial charge in [0.15, 0.2) is 0 Å². The maximum Gasteiger partial charge on any atom is 0.228 e. The Morgan fingerprint density at radius 1 is 1.22 bits per heavy atom. The van der Waals surface area contributed by atoms with Crippen LogP contribution in [0.25, 0.3) is 5.69 Å². The lowest BCUT2D eigenvalue weighted by atomic mass is 10.1. The second kappa shape index (κ2) is 6.04. The molecule has 2 aromatic heterocycles. The van der Waals surface area contributed by atoms with Crippen LogP contribution in [0, 0.1) is 13.8 Å². The van der Waals surface area contributed by atoms with Crippen molar-refractivity contribution >= 4 is 11.6 Å². The quantitative estimate of drug-likeness (QED) is 0.797. The van der Waals surface area contributed by atoms with Gasteiger partial charge in [0.05, 0.1) is 17.8 Å². The molecule has 3 aromatic rings. The van der Waals surface area contributed by atoms with E-state index in [1.54, 1.807) is 15.7 Å². The summed E-state index contributed by atoms with van der Waals surface area (Å²) in [4.78, 5) is 16.1. The average molecular weight is 310 g/mol. The first kappa shape index (κ1) is 15.0. The summed E-state index contributed by atoms with van der Waals surface area (Å²) in [5.74, 6) is -0.0577. The Bertz CT molecular complexity index is 817. The zero-order valence-corrected chi connectivity index (χ0v) is 13.3. The van der Waals surface area contributed by atoms with Gasteiger partial charge in [-0.3, -0.25) is 9.48 Å². The number of nitrogens with zero attached hydrogens (tertiary/aromatic N) is 5. The first-order valence-electron chi connectivity index (χ1n) is 7.28. The highest BCUT2D eigenvalue weighted by Gasteiger charge is 2.13. The number of rotatable bonds is 4. The predicted molar refractivity (Wildman–Crippen MR) is 86.4 cm³/mol. The summed E-state index contributed by atoms with van der Waals surface area (Å²) < 4.78 is 3.46. The van der Waals surface area contributed by atoms with Crippen LogP contribution in [0.15, 0.2) is 36.9 Å². The molecule has 0 aliphatic carbocycles. The van der Waals surface area contributed by atoms with Gasteiger partial charge in [-0.2, -0.15) is 10.2 Å². The van der Waals surface area contributed by atoms with Gasteiger partial charge in [-0.1, -0.05) is 0 Å². The molecule has 23 heavy (non-hydrogen) atoms. The van der Waals surface area contributed by atoms with Gasteiger partial charge in [0.1, 0.15) is 12.7 Å². The first-order chi connectivity index (χ1) is 11.0. The number of hydrogen-bond acceptors (Lipinski definition) is 4. The van der Waals surface area contributed by atoms with Crippen molar-refractivity contribution in [1.82, 2.24) is 24.5 Å². The summed E-state index contributed by atoms with van der Waals surface area (Å²) in [7, 11) is 1.88. The minimum absolute atomic E-state index is 0.0577. The lowest BCUT2D eigenvalue weighted by Gasteiger charge is -2.07. The molecular weight excluding hydrogens is 292 g/mol. The van der Waals surface area contributed by atoms with Crippen LogP contribution in [-0.4, -0.2) is 30.5 Å². The lowest BCUT2D eigenvalue weighted by molar-refractivity contribution is -0.115. The molecule has 0 spiro atoms. The molecule has 0 fully saturated rings. The number of amides is 1.